The molecule has 1 N–H and O–H groups in total. The van der Waals surface area contributed by atoms with Crippen molar-refractivity contribution in [3.8, 4) is 5.75 Å². The van der Waals surface area contributed by atoms with Crippen LogP contribution in [-0.2, 0) is 15.1 Å². The van der Waals surface area contributed by atoms with Gasteiger partial charge >= 0.3 is 5.97 Å². The lowest BCUT2D eigenvalue weighted by atomic mass is 9.75. The number of esters is 1. The number of hydrogen-bond acceptors (Lipinski definition) is 4. The maximum atomic E-state index is 11.8. The van der Waals surface area contributed by atoms with Crippen LogP contribution in [0.15, 0.2) is 54.6 Å². The van der Waals surface area contributed by atoms with Crippen LogP contribution in [0.4, 0.5) is 0 Å². The van der Waals surface area contributed by atoms with E-state index in [2.05, 4.69) is 15.9 Å². The third-order valence-corrected chi connectivity index (χ3v) is 6.05. The zero-order valence-corrected chi connectivity index (χ0v) is 19.4. The molecule has 2 aromatic rings. The Labute approximate surface area is 187 Å². The van der Waals surface area contributed by atoms with Crippen molar-refractivity contribution >= 4 is 21.9 Å². The first-order valence-electron chi connectivity index (χ1n) is 10.7. The van der Waals surface area contributed by atoms with E-state index in [4.69, 9.17) is 9.47 Å². The molecule has 1 fully saturated rings. The maximum Gasteiger partial charge on any atom is 0.322 e. The van der Waals surface area contributed by atoms with E-state index in [9.17, 15) is 9.90 Å². The first-order chi connectivity index (χ1) is 14.3. The fraction of sp³-hybridized carbons (Fsp3) is 0.480. The normalized spacial score (nSPS) is 16.8. The summed E-state index contributed by atoms with van der Waals surface area (Å²) in [6.45, 7) is 4.30. The van der Waals surface area contributed by atoms with E-state index in [1.807, 2.05) is 54.6 Å². The van der Waals surface area contributed by atoms with Crippen LogP contribution in [0, 0.1) is 5.92 Å². The number of aliphatic hydroxyl groups is 1. The van der Waals surface area contributed by atoms with Crippen LogP contribution < -0.4 is 4.74 Å². The van der Waals surface area contributed by atoms with Crippen molar-refractivity contribution in [2.75, 3.05) is 13.2 Å². The number of carbonyl (C=O) groups is 1. The Morgan fingerprint density at radius 2 is 1.60 bits per heavy atom. The molecule has 1 atom stereocenters. The Bertz CT molecular complexity index is 807. The standard InChI is InChI=1S/C25H31BrO4/c1-24(2,26)23(27)30-18-8-17-29-22-15-13-21(14-16-22)25(28,20-11-6-7-12-20)19-9-4-3-5-10-19/h3-5,9-10,13-16,20,28H,6-8,11-12,17-18H2,1-2H3. The highest BCUT2D eigenvalue weighted by atomic mass is 79.9. The number of hydrogen-bond donors (Lipinski definition) is 1. The van der Waals surface area contributed by atoms with Gasteiger partial charge in [-0.15, -0.1) is 0 Å². The second-order valence-electron chi connectivity index (χ2n) is 8.45. The monoisotopic (exact) mass is 474 g/mol. The summed E-state index contributed by atoms with van der Waals surface area (Å²) in [5.41, 5.74) is 0.871. The van der Waals surface area contributed by atoms with Crippen LogP contribution in [-0.4, -0.2) is 28.6 Å². The molecule has 0 amide bonds. The molecular formula is C25H31BrO4. The van der Waals surface area contributed by atoms with E-state index in [-0.39, 0.29) is 11.9 Å². The fourth-order valence-corrected chi connectivity index (χ4v) is 4.18. The molecule has 1 saturated carbocycles. The van der Waals surface area contributed by atoms with E-state index in [1.54, 1.807) is 13.8 Å². The highest BCUT2D eigenvalue weighted by Crippen LogP contribution is 2.45. The largest absolute Gasteiger partial charge is 0.493 e. The smallest absolute Gasteiger partial charge is 0.322 e. The quantitative estimate of drug-likeness (QED) is 0.292. The zero-order valence-electron chi connectivity index (χ0n) is 17.8. The number of benzene rings is 2. The molecule has 1 unspecified atom stereocenters. The van der Waals surface area contributed by atoms with Crippen LogP contribution in [0.3, 0.4) is 0 Å². The summed E-state index contributed by atoms with van der Waals surface area (Å²) in [6, 6.07) is 17.7. The molecule has 1 aliphatic carbocycles. The molecular weight excluding hydrogens is 444 g/mol. The van der Waals surface area contributed by atoms with Gasteiger partial charge < -0.3 is 14.6 Å². The number of alkyl halides is 1. The lowest BCUT2D eigenvalue weighted by Gasteiger charge is -2.35. The van der Waals surface area contributed by atoms with Gasteiger partial charge in [0, 0.05) is 6.42 Å². The minimum absolute atomic E-state index is 0.222. The van der Waals surface area contributed by atoms with E-state index in [0.29, 0.717) is 19.6 Å². The lowest BCUT2D eigenvalue weighted by molar-refractivity contribution is -0.145. The molecule has 0 bridgehead atoms. The molecule has 0 radical (unpaired) electrons. The predicted octanol–water partition coefficient (Wildman–Crippen LogP) is 5.60. The van der Waals surface area contributed by atoms with Crippen molar-refractivity contribution in [3.63, 3.8) is 0 Å². The Balaban J connectivity index is 1.61. The molecule has 162 valence electrons. The predicted molar refractivity (Wildman–Crippen MR) is 122 cm³/mol. The molecule has 3 rings (SSSR count). The highest BCUT2D eigenvalue weighted by molar-refractivity contribution is 9.10. The minimum atomic E-state index is -0.979. The molecule has 2 aromatic carbocycles. The fourth-order valence-electron chi connectivity index (χ4n) is 4.06. The van der Waals surface area contributed by atoms with Crippen LogP contribution in [0.1, 0.15) is 57.1 Å². The summed E-state index contributed by atoms with van der Waals surface area (Å²) in [5.74, 6) is 0.687. The average molecular weight is 475 g/mol. The summed E-state index contributed by atoms with van der Waals surface area (Å²) in [5, 5.41) is 11.8. The van der Waals surface area contributed by atoms with Gasteiger partial charge in [0.05, 0.1) is 13.2 Å². The number of ether oxygens (including phenoxy) is 2. The van der Waals surface area contributed by atoms with Crippen LogP contribution >= 0.6 is 15.9 Å². The summed E-state index contributed by atoms with van der Waals surface area (Å²) >= 11 is 3.29. The molecule has 0 aliphatic heterocycles. The van der Waals surface area contributed by atoms with Gasteiger partial charge in [0.25, 0.3) is 0 Å². The molecule has 5 heteroatoms. The molecule has 0 spiro atoms. The van der Waals surface area contributed by atoms with Crippen LogP contribution in [0.25, 0.3) is 0 Å². The molecule has 30 heavy (non-hydrogen) atoms. The summed E-state index contributed by atoms with van der Waals surface area (Å²) < 4.78 is 10.3. The van der Waals surface area contributed by atoms with Gasteiger partial charge in [-0.25, -0.2) is 0 Å². The average Bonchev–Trinajstić information content (AvgIpc) is 3.28. The van der Waals surface area contributed by atoms with Crippen molar-refractivity contribution in [3.05, 3.63) is 65.7 Å². The van der Waals surface area contributed by atoms with Gasteiger partial charge in [-0.05, 0) is 55.9 Å². The SMILES string of the molecule is CC(C)(Br)C(=O)OCCCOc1ccc(C(O)(c2ccccc2)C2CCCC2)cc1. The zero-order chi connectivity index (χ0) is 21.6. The van der Waals surface area contributed by atoms with Gasteiger partial charge in [-0.2, -0.15) is 0 Å². The second-order valence-corrected chi connectivity index (χ2v) is 10.4. The first-order valence-corrected chi connectivity index (χ1v) is 11.5. The van der Waals surface area contributed by atoms with Gasteiger partial charge in [0.2, 0.25) is 0 Å². The molecule has 0 aromatic heterocycles. The third kappa shape index (κ3) is 5.44. The van der Waals surface area contributed by atoms with Crippen molar-refractivity contribution < 1.29 is 19.4 Å². The Hall–Kier alpha value is -1.85. The minimum Gasteiger partial charge on any atom is -0.493 e. The lowest BCUT2D eigenvalue weighted by Crippen LogP contribution is -2.35. The van der Waals surface area contributed by atoms with Crippen molar-refractivity contribution in [1.29, 1.82) is 0 Å². The Morgan fingerprint density at radius 3 is 2.20 bits per heavy atom. The molecule has 4 nitrogen and oxygen atoms in total. The molecule has 0 saturated heterocycles. The van der Waals surface area contributed by atoms with Gasteiger partial charge in [0.1, 0.15) is 15.7 Å². The summed E-state index contributed by atoms with van der Waals surface area (Å²) in [6.07, 6.45) is 5.02. The van der Waals surface area contributed by atoms with Gasteiger partial charge in [-0.3, -0.25) is 4.79 Å². The summed E-state index contributed by atoms with van der Waals surface area (Å²) in [4.78, 5) is 11.7. The van der Waals surface area contributed by atoms with Crippen molar-refractivity contribution in [1.82, 2.24) is 0 Å². The topological polar surface area (TPSA) is 55.8 Å². The van der Waals surface area contributed by atoms with E-state index < -0.39 is 9.93 Å². The first kappa shape index (κ1) is 22.8. The van der Waals surface area contributed by atoms with Crippen molar-refractivity contribution in [2.45, 2.75) is 55.9 Å². The maximum absolute atomic E-state index is 11.8. The second kappa shape index (κ2) is 9.97. The van der Waals surface area contributed by atoms with Gasteiger partial charge in [0.15, 0.2) is 0 Å². The van der Waals surface area contributed by atoms with E-state index in [0.717, 1.165) is 42.6 Å². The van der Waals surface area contributed by atoms with E-state index >= 15 is 0 Å². The summed E-state index contributed by atoms with van der Waals surface area (Å²) in [7, 11) is 0. The van der Waals surface area contributed by atoms with Gasteiger partial charge in [-0.1, -0.05) is 71.2 Å². The number of carbonyl (C=O) groups excluding carboxylic acids is 1. The van der Waals surface area contributed by atoms with Crippen LogP contribution in [0.2, 0.25) is 0 Å². The van der Waals surface area contributed by atoms with Crippen LogP contribution in [0.5, 0.6) is 5.75 Å². The Morgan fingerprint density at radius 1 is 1.00 bits per heavy atom. The van der Waals surface area contributed by atoms with E-state index in [1.165, 1.54) is 0 Å². The Kier molecular flexibility index (Phi) is 7.59. The molecule has 1 aliphatic rings. The third-order valence-electron chi connectivity index (χ3n) is 5.73. The number of halogens is 1. The molecule has 0 heterocycles. The number of rotatable bonds is 9. The highest BCUT2D eigenvalue weighted by Gasteiger charge is 2.41. The van der Waals surface area contributed by atoms with Crippen molar-refractivity contribution in [2.24, 2.45) is 5.92 Å².